The van der Waals surface area contributed by atoms with Crippen LogP contribution in [0.1, 0.15) is 29.3 Å². The van der Waals surface area contributed by atoms with E-state index in [9.17, 15) is 4.79 Å². The number of amides is 1. The van der Waals surface area contributed by atoms with Crippen LogP contribution in [0.2, 0.25) is 0 Å². The Morgan fingerprint density at radius 2 is 1.80 bits per heavy atom. The molecule has 0 radical (unpaired) electrons. The lowest BCUT2D eigenvalue weighted by atomic mass is 10.0. The molecule has 4 heteroatoms. The van der Waals surface area contributed by atoms with E-state index in [1.165, 1.54) is 0 Å². The second kappa shape index (κ2) is 8.20. The molecule has 0 aliphatic carbocycles. The summed E-state index contributed by atoms with van der Waals surface area (Å²) in [4.78, 5) is 12.4. The zero-order chi connectivity index (χ0) is 17.5. The van der Waals surface area contributed by atoms with Gasteiger partial charge in [0.2, 0.25) is 5.91 Å². The molecule has 4 nitrogen and oxygen atoms in total. The molecule has 128 valence electrons. The maximum Gasteiger partial charge on any atom is 0.221 e. The standard InChI is InChI=1S/C21H21NO3/c1-24-18-12-9-16(10-13-18)11-14-20(23)22-21(19-8-5-15-25-19)17-6-3-2-4-7-17/h2-10,12-13,15,21H,11,14H2,1H3,(H,22,23)/t21-/m1/s1. The maximum atomic E-state index is 12.4. The van der Waals surface area contributed by atoms with Crippen LogP contribution in [0.4, 0.5) is 0 Å². The molecular weight excluding hydrogens is 314 g/mol. The molecule has 1 aromatic heterocycles. The first kappa shape index (κ1) is 16.8. The molecule has 25 heavy (non-hydrogen) atoms. The largest absolute Gasteiger partial charge is 0.497 e. The second-order valence-electron chi connectivity index (χ2n) is 5.77. The van der Waals surface area contributed by atoms with Crippen LogP contribution in [0.25, 0.3) is 0 Å². The Morgan fingerprint density at radius 3 is 2.44 bits per heavy atom. The average Bonchev–Trinajstić information content (AvgIpc) is 3.20. The zero-order valence-electron chi connectivity index (χ0n) is 14.1. The Bertz CT molecular complexity index is 780. The van der Waals surface area contributed by atoms with Crippen molar-refractivity contribution in [2.75, 3.05) is 7.11 Å². The molecule has 0 bridgehead atoms. The number of furan rings is 1. The van der Waals surface area contributed by atoms with Gasteiger partial charge in [-0.3, -0.25) is 4.79 Å². The van der Waals surface area contributed by atoms with Crippen molar-refractivity contribution in [1.29, 1.82) is 0 Å². The van der Waals surface area contributed by atoms with Crippen LogP contribution in [0.3, 0.4) is 0 Å². The van der Waals surface area contributed by atoms with Crippen LogP contribution in [-0.4, -0.2) is 13.0 Å². The van der Waals surface area contributed by atoms with Gasteiger partial charge in [-0.2, -0.15) is 0 Å². The quantitative estimate of drug-likeness (QED) is 0.706. The summed E-state index contributed by atoms with van der Waals surface area (Å²) in [5.74, 6) is 1.53. The van der Waals surface area contributed by atoms with Gasteiger partial charge in [-0.25, -0.2) is 0 Å². The first-order chi connectivity index (χ1) is 12.3. The SMILES string of the molecule is COc1ccc(CCC(=O)N[C@H](c2ccccc2)c2ccco2)cc1. The number of methoxy groups -OCH3 is 1. The van der Waals surface area contributed by atoms with E-state index in [2.05, 4.69) is 5.32 Å². The lowest BCUT2D eigenvalue weighted by molar-refractivity contribution is -0.121. The van der Waals surface area contributed by atoms with Gasteiger partial charge in [0.25, 0.3) is 0 Å². The van der Waals surface area contributed by atoms with Gasteiger partial charge >= 0.3 is 0 Å². The third kappa shape index (κ3) is 4.51. The van der Waals surface area contributed by atoms with Gasteiger partial charge in [0.05, 0.1) is 13.4 Å². The van der Waals surface area contributed by atoms with Crippen molar-refractivity contribution >= 4 is 5.91 Å². The highest BCUT2D eigenvalue weighted by atomic mass is 16.5. The van der Waals surface area contributed by atoms with Crippen LogP contribution in [0.15, 0.2) is 77.4 Å². The Balaban J connectivity index is 1.64. The predicted molar refractivity (Wildman–Crippen MR) is 96.5 cm³/mol. The van der Waals surface area contributed by atoms with Crippen molar-refractivity contribution in [3.05, 3.63) is 89.9 Å². The van der Waals surface area contributed by atoms with Crippen molar-refractivity contribution in [2.24, 2.45) is 0 Å². The van der Waals surface area contributed by atoms with Gasteiger partial charge in [-0.1, -0.05) is 42.5 Å². The van der Waals surface area contributed by atoms with E-state index in [1.54, 1.807) is 13.4 Å². The molecule has 3 rings (SSSR count). The fourth-order valence-corrected chi connectivity index (χ4v) is 2.70. The molecule has 0 aliphatic heterocycles. The summed E-state index contributed by atoms with van der Waals surface area (Å²) in [6.45, 7) is 0. The summed E-state index contributed by atoms with van der Waals surface area (Å²) in [5.41, 5.74) is 2.10. The summed E-state index contributed by atoms with van der Waals surface area (Å²) in [5, 5.41) is 3.07. The molecular formula is C21H21NO3. The number of hydrogen-bond donors (Lipinski definition) is 1. The van der Waals surface area contributed by atoms with E-state index >= 15 is 0 Å². The smallest absolute Gasteiger partial charge is 0.221 e. The Kier molecular flexibility index (Phi) is 5.52. The van der Waals surface area contributed by atoms with Crippen LogP contribution < -0.4 is 10.1 Å². The summed E-state index contributed by atoms with van der Waals surface area (Å²) in [6, 6.07) is 21.0. The van der Waals surface area contributed by atoms with Gasteiger partial charge in [0.1, 0.15) is 17.6 Å². The normalized spacial score (nSPS) is 11.7. The molecule has 0 spiro atoms. The summed E-state index contributed by atoms with van der Waals surface area (Å²) >= 11 is 0. The zero-order valence-corrected chi connectivity index (χ0v) is 14.1. The average molecular weight is 335 g/mol. The molecule has 0 unspecified atom stereocenters. The lowest BCUT2D eigenvalue weighted by Crippen LogP contribution is -2.29. The first-order valence-electron chi connectivity index (χ1n) is 8.27. The highest BCUT2D eigenvalue weighted by molar-refractivity contribution is 5.77. The molecule has 2 aromatic carbocycles. The number of carbonyl (C=O) groups excluding carboxylic acids is 1. The maximum absolute atomic E-state index is 12.4. The Hall–Kier alpha value is -3.01. The predicted octanol–water partition coefficient (Wildman–Crippen LogP) is 4.13. The van der Waals surface area contributed by atoms with Crippen molar-refractivity contribution < 1.29 is 13.9 Å². The lowest BCUT2D eigenvalue weighted by Gasteiger charge is -2.17. The number of nitrogens with one attached hydrogen (secondary N) is 1. The van der Waals surface area contributed by atoms with E-state index in [1.807, 2.05) is 66.7 Å². The van der Waals surface area contributed by atoms with E-state index in [4.69, 9.17) is 9.15 Å². The van der Waals surface area contributed by atoms with Crippen LogP contribution in [-0.2, 0) is 11.2 Å². The topological polar surface area (TPSA) is 51.5 Å². The number of carbonyl (C=O) groups is 1. The Morgan fingerprint density at radius 1 is 1.04 bits per heavy atom. The van der Waals surface area contributed by atoms with Gasteiger partial charge in [-0.05, 0) is 41.8 Å². The minimum Gasteiger partial charge on any atom is -0.497 e. The summed E-state index contributed by atoms with van der Waals surface area (Å²) in [6.07, 6.45) is 2.71. The molecule has 3 aromatic rings. The van der Waals surface area contributed by atoms with E-state index in [-0.39, 0.29) is 11.9 Å². The van der Waals surface area contributed by atoms with E-state index < -0.39 is 0 Å². The molecule has 0 fully saturated rings. The number of hydrogen-bond acceptors (Lipinski definition) is 3. The number of aryl methyl sites for hydroxylation is 1. The van der Waals surface area contributed by atoms with Crippen LogP contribution >= 0.6 is 0 Å². The molecule has 1 amide bonds. The number of rotatable bonds is 7. The molecule has 1 atom stereocenters. The molecule has 0 saturated heterocycles. The number of ether oxygens (including phenoxy) is 1. The van der Waals surface area contributed by atoms with Gasteiger partial charge in [0, 0.05) is 6.42 Å². The first-order valence-corrected chi connectivity index (χ1v) is 8.27. The van der Waals surface area contributed by atoms with Crippen molar-refractivity contribution in [1.82, 2.24) is 5.32 Å². The minimum atomic E-state index is -0.278. The van der Waals surface area contributed by atoms with E-state index in [0.29, 0.717) is 12.8 Å². The second-order valence-corrected chi connectivity index (χ2v) is 5.77. The minimum absolute atomic E-state index is 0.0129. The van der Waals surface area contributed by atoms with Crippen LogP contribution in [0, 0.1) is 0 Å². The summed E-state index contributed by atoms with van der Waals surface area (Å²) < 4.78 is 10.7. The van der Waals surface area contributed by atoms with Crippen molar-refractivity contribution in [3.63, 3.8) is 0 Å². The van der Waals surface area contributed by atoms with Crippen LogP contribution in [0.5, 0.6) is 5.75 Å². The monoisotopic (exact) mass is 335 g/mol. The Labute approximate surface area is 147 Å². The van der Waals surface area contributed by atoms with Crippen molar-refractivity contribution in [3.8, 4) is 5.75 Å². The molecule has 0 aliphatic rings. The fraction of sp³-hybridized carbons (Fsp3) is 0.190. The molecule has 0 saturated carbocycles. The third-order valence-corrected chi connectivity index (χ3v) is 4.07. The van der Waals surface area contributed by atoms with Gasteiger partial charge in [-0.15, -0.1) is 0 Å². The summed E-state index contributed by atoms with van der Waals surface area (Å²) in [7, 11) is 1.64. The molecule has 1 heterocycles. The third-order valence-electron chi connectivity index (χ3n) is 4.07. The number of benzene rings is 2. The molecule has 1 N–H and O–H groups in total. The van der Waals surface area contributed by atoms with Crippen molar-refractivity contribution in [2.45, 2.75) is 18.9 Å². The highest BCUT2D eigenvalue weighted by Gasteiger charge is 2.19. The highest BCUT2D eigenvalue weighted by Crippen LogP contribution is 2.22. The fourth-order valence-electron chi connectivity index (χ4n) is 2.70. The van der Waals surface area contributed by atoms with E-state index in [0.717, 1.165) is 22.6 Å². The van der Waals surface area contributed by atoms with Gasteiger partial charge in [0.15, 0.2) is 0 Å². The van der Waals surface area contributed by atoms with Gasteiger partial charge < -0.3 is 14.5 Å².